The van der Waals surface area contributed by atoms with Gasteiger partial charge in [0, 0.05) is 25.1 Å². The van der Waals surface area contributed by atoms with E-state index in [0.29, 0.717) is 18.0 Å². The molecule has 0 aliphatic carbocycles. The normalized spacial score (nSPS) is 9.80. The number of aromatic nitrogens is 1. The number of hydrogen-bond acceptors (Lipinski definition) is 3. The Bertz CT molecular complexity index is 344. The molecular weight excluding hydrogens is 260 g/mol. The summed E-state index contributed by atoms with van der Waals surface area (Å²) in [7, 11) is 3.25. The van der Waals surface area contributed by atoms with Crippen LogP contribution in [0.1, 0.15) is 10.4 Å². The molecule has 0 aliphatic heterocycles. The van der Waals surface area contributed by atoms with Gasteiger partial charge in [0.25, 0.3) is 5.91 Å². The number of pyridine rings is 1. The van der Waals surface area contributed by atoms with Crippen molar-refractivity contribution >= 4 is 21.8 Å². The number of ether oxygens (including phenoxy) is 1. The SMILES string of the molecule is COc1ncccc1C(=O)N(C)CCBr. The van der Waals surface area contributed by atoms with Crippen LogP contribution in [0, 0.1) is 0 Å². The lowest BCUT2D eigenvalue weighted by atomic mass is 10.2. The quantitative estimate of drug-likeness (QED) is 0.782. The lowest BCUT2D eigenvalue weighted by molar-refractivity contribution is 0.0800. The number of methoxy groups -OCH3 is 1. The van der Waals surface area contributed by atoms with E-state index in [0.717, 1.165) is 5.33 Å². The first-order valence-corrected chi connectivity index (χ1v) is 5.63. The molecule has 0 saturated carbocycles. The highest BCUT2D eigenvalue weighted by molar-refractivity contribution is 9.09. The summed E-state index contributed by atoms with van der Waals surface area (Å²) >= 11 is 3.29. The van der Waals surface area contributed by atoms with E-state index in [1.54, 1.807) is 30.3 Å². The lowest BCUT2D eigenvalue weighted by Crippen LogP contribution is -2.28. The number of amides is 1. The van der Waals surface area contributed by atoms with Crippen LogP contribution >= 0.6 is 15.9 Å². The van der Waals surface area contributed by atoms with Crippen LogP contribution in [0.5, 0.6) is 5.88 Å². The zero-order valence-corrected chi connectivity index (χ0v) is 10.3. The van der Waals surface area contributed by atoms with Crippen LogP contribution in [0.25, 0.3) is 0 Å². The maximum atomic E-state index is 11.9. The minimum Gasteiger partial charge on any atom is -0.480 e. The summed E-state index contributed by atoms with van der Waals surface area (Å²) < 4.78 is 5.02. The van der Waals surface area contributed by atoms with Crippen molar-refractivity contribution < 1.29 is 9.53 Å². The lowest BCUT2D eigenvalue weighted by Gasteiger charge is -2.16. The molecule has 0 unspecified atom stereocenters. The summed E-state index contributed by atoms with van der Waals surface area (Å²) in [6.07, 6.45) is 1.60. The monoisotopic (exact) mass is 272 g/mol. The average molecular weight is 273 g/mol. The molecule has 0 spiro atoms. The van der Waals surface area contributed by atoms with E-state index in [-0.39, 0.29) is 5.91 Å². The number of rotatable bonds is 4. The molecule has 82 valence electrons. The van der Waals surface area contributed by atoms with Gasteiger partial charge in [0.15, 0.2) is 0 Å². The van der Waals surface area contributed by atoms with Crippen LogP contribution in [-0.2, 0) is 0 Å². The van der Waals surface area contributed by atoms with Crippen molar-refractivity contribution in [1.29, 1.82) is 0 Å². The Morgan fingerprint density at radius 1 is 1.67 bits per heavy atom. The van der Waals surface area contributed by atoms with E-state index < -0.39 is 0 Å². The van der Waals surface area contributed by atoms with Gasteiger partial charge in [0.05, 0.1) is 7.11 Å². The van der Waals surface area contributed by atoms with Crippen LogP contribution in [0.4, 0.5) is 0 Å². The molecule has 0 aromatic carbocycles. The van der Waals surface area contributed by atoms with Gasteiger partial charge in [-0.2, -0.15) is 0 Å². The van der Waals surface area contributed by atoms with Crippen molar-refractivity contribution in [3.63, 3.8) is 0 Å². The van der Waals surface area contributed by atoms with Crippen molar-refractivity contribution in [3.8, 4) is 5.88 Å². The first-order valence-electron chi connectivity index (χ1n) is 4.51. The molecule has 0 saturated heterocycles. The second kappa shape index (κ2) is 5.70. The molecule has 0 bridgehead atoms. The van der Waals surface area contributed by atoms with E-state index in [1.165, 1.54) is 7.11 Å². The van der Waals surface area contributed by atoms with Gasteiger partial charge in [-0.3, -0.25) is 4.79 Å². The van der Waals surface area contributed by atoms with E-state index in [2.05, 4.69) is 20.9 Å². The Kier molecular flexibility index (Phi) is 4.55. The third-order valence-corrected chi connectivity index (χ3v) is 2.32. The minimum atomic E-state index is -0.0839. The molecule has 0 atom stereocenters. The number of hydrogen-bond donors (Lipinski definition) is 0. The highest BCUT2D eigenvalue weighted by Crippen LogP contribution is 2.15. The highest BCUT2D eigenvalue weighted by atomic mass is 79.9. The smallest absolute Gasteiger partial charge is 0.259 e. The van der Waals surface area contributed by atoms with Gasteiger partial charge in [-0.25, -0.2) is 4.98 Å². The number of carbonyl (C=O) groups is 1. The van der Waals surface area contributed by atoms with Crippen LogP contribution in [0.3, 0.4) is 0 Å². The molecule has 1 rings (SSSR count). The van der Waals surface area contributed by atoms with Crippen molar-refractivity contribution in [2.75, 3.05) is 26.0 Å². The zero-order chi connectivity index (χ0) is 11.3. The number of carbonyl (C=O) groups excluding carboxylic acids is 1. The van der Waals surface area contributed by atoms with Crippen LogP contribution in [-0.4, -0.2) is 41.8 Å². The van der Waals surface area contributed by atoms with Gasteiger partial charge in [-0.05, 0) is 12.1 Å². The standard InChI is InChI=1S/C10H13BrN2O2/c1-13(7-5-11)10(14)8-4-3-6-12-9(8)15-2/h3-4,6H,5,7H2,1-2H3. The third kappa shape index (κ3) is 2.92. The molecule has 15 heavy (non-hydrogen) atoms. The maximum absolute atomic E-state index is 11.9. The van der Waals surface area contributed by atoms with Crippen LogP contribution < -0.4 is 4.74 Å². The zero-order valence-electron chi connectivity index (χ0n) is 8.74. The molecule has 1 aromatic heterocycles. The van der Waals surface area contributed by atoms with E-state index in [4.69, 9.17) is 4.74 Å². The first-order chi connectivity index (χ1) is 7.20. The summed E-state index contributed by atoms with van der Waals surface area (Å²) in [5.41, 5.74) is 0.489. The van der Waals surface area contributed by atoms with E-state index in [1.807, 2.05) is 0 Å². The molecule has 1 heterocycles. The van der Waals surface area contributed by atoms with Crippen LogP contribution in [0.2, 0.25) is 0 Å². The summed E-state index contributed by atoms with van der Waals surface area (Å²) in [6.45, 7) is 0.650. The van der Waals surface area contributed by atoms with Gasteiger partial charge in [0.1, 0.15) is 5.56 Å². The Morgan fingerprint density at radius 2 is 2.40 bits per heavy atom. The Labute approximate surface area is 97.4 Å². The molecule has 1 amide bonds. The molecule has 5 heteroatoms. The minimum absolute atomic E-state index is 0.0839. The fourth-order valence-corrected chi connectivity index (χ4v) is 1.68. The predicted molar refractivity (Wildman–Crippen MR) is 61.5 cm³/mol. The van der Waals surface area contributed by atoms with Gasteiger partial charge in [-0.15, -0.1) is 0 Å². The second-order valence-corrected chi connectivity index (χ2v) is 3.77. The first kappa shape index (κ1) is 12.0. The Balaban J connectivity index is 2.90. The fraction of sp³-hybridized carbons (Fsp3) is 0.400. The molecule has 0 radical (unpaired) electrons. The highest BCUT2D eigenvalue weighted by Gasteiger charge is 2.16. The number of alkyl halides is 1. The summed E-state index contributed by atoms with van der Waals surface area (Å²) in [6, 6.07) is 3.43. The summed E-state index contributed by atoms with van der Waals surface area (Å²) in [5.74, 6) is 0.281. The number of nitrogens with zero attached hydrogens (tertiary/aromatic N) is 2. The van der Waals surface area contributed by atoms with Crippen LogP contribution in [0.15, 0.2) is 18.3 Å². The predicted octanol–water partition coefficient (Wildman–Crippen LogP) is 1.56. The van der Waals surface area contributed by atoms with E-state index in [9.17, 15) is 4.79 Å². The Morgan fingerprint density at radius 3 is 3.00 bits per heavy atom. The number of halogens is 1. The fourth-order valence-electron chi connectivity index (χ4n) is 1.15. The second-order valence-electron chi connectivity index (χ2n) is 2.98. The summed E-state index contributed by atoms with van der Waals surface area (Å²) in [5, 5.41) is 0.748. The average Bonchev–Trinajstić information content (AvgIpc) is 2.28. The molecule has 0 aliphatic rings. The van der Waals surface area contributed by atoms with Crippen molar-refractivity contribution in [2.45, 2.75) is 0 Å². The maximum Gasteiger partial charge on any atom is 0.259 e. The van der Waals surface area contributed by atoms with Crippen molar-refractivity contribution in [3.05, 3.63) is 23.9 Å². The van der Waals surface area contributed by atoms with Gasteiger partial charge >= 0.3 is 0 Å². The van der Waals surface area contributed by atoms with Gasteiger partial charge in [0.2, 0.25) is 5.88 Å². The van der Waals surface area contributed by atoms with Gasteiger partial charge in [-0.1, -0.05) is 15.9 Å². The largest absolute Gasteiger partial charge is 0.480 e. The molecule has 4 nitrogen and oxygen atoms in total. The van der Waals surface area contributed by atoms with E-state index >= 15 is 0 Å². The third-order valence-electron chi connectivity index (χ3n) is 1.96. The van der Waals surface area contributed by atoms with Crippen molar-refractivity contribution in [2.24, 2.45) is 0 Å². The molecule has 0 fully saturated rings. The van der Waals surface area contributed by atoms with Gasteiger partial charge < -0.3 is 9.64 Å². The topological polar surface area (TPSA) is 42.4 Å². The molecule has 0 N–H and O–H groups in total. The summed E-state index contributed by atoms with van der Waals surface area (Å²) in [4.78, 5) is 17.5. The Hall–Kier alpha value is -1.10. The molecular formula is C10H13BrN2O2. The molecule has 1 aromatic rings. The van der Waals surface area contributed by atoms with Crippen molar-refractivity contribution in [1.82, 2.24) is 9.88 Å².